The van der Waals surface area contributed by atoms with E-state index in [9.17, 15) is 9.59 Å². The molecule has 0 aliphatic heterocycles. The molecule has 0 saturated heterocycles. The van der Waals surface area contributed by atoms with Gasteiger partial charge in [0.15, 0.2) is 0 Å². The minimum absolute atomic E-state index is 0.162. The van der Waals surface area contributed by atoms with Crippen LogP contribution in [0.2, 0.25) is 0 Å². The molecule has 0 fully saturated rings. The Labute approximate surface area is 176 Å². The van der Waals surface area contributed by atoms with E-state index in [1.807, 2.05) is 24.3 Å². The molecule has 0 radical (unpaired) electrons. The lowest BCUT2D eigenvalue weighted by Gasteiger charge is -2.37. The maximum Gasteiger partial charge on any atom is 0.508 e. The van der Waals surface area contributed by atoms with Gasteiger partial charge in [0.25, 0.3) is 0 Å². The lowest BCUT2D eigenvalue weighted by Crippen LogP contribution is -2.39. The van der Waals surface area contributed by atoms with Crippen LogP contribution in [0.25, 0.3) is 0 Å². The summed E-state index contributed by atoms with van der Waals surface area (Å²) in [6, 6.07) is 7.57. The molecule has 0 saturated carbocycles. The van der Waals surface area contributed by atoms with Crippen molar-refractivity contribution in [3.63, 3.8) is 0 Å². The molecule has 0 N–H and O–H groups in total. The molecule has 0 aliphatic carbocycles. The monoisotopic (exact) mass is 406 g/mol. The second-order valence-electron chi connectivity index (χ2n) is 8.44. The predicted octanol–water partition coefficient (Wildman–Crippen LogP) is 6.05. The lowest BCUT2D eigenvalue weighted by molar-refractivity contribution is -0.0373. The molecular formula is C24H38O5. The maximum absolute atomic E-state index is 12.6. The average molecular weight is 407 g/mol. The second-order valence-corrected chi connectivity index (χ2v) is 8.44. The Balaban J connectivity index is 2.87. The van der Waals surface area contributed by atoms with E-state index < -0.39 is 11.6 Å². The maximum atomic E-state index is 12.6. The molecule has 1 rings (SSSR count). The first-order valence-electron chi connectivity index (χ1n) is 10.8. The summed E-state index contributed by atoms with van der Waals surface area (Å²) in [7, 11) is 0. The van der Waals surface area contributed by atoms with Crippen molar-refractivity contribution in [2.75, 3.05) is 19.8 Å². The van der Waals surface area contributed by atoms with Crippen LogP contribution >= 0.6 is 0 Å². The van der Waals surface area contributed by atoms with Crippen molar-refractivity contribution in [3.05, 3.63) is 35.4 Å². The van der Waals surface area contributed by atoms with Gasteiger partial charge < -0.3 is 14.2 Å². The average Bonchev–Trinajstić information content (AvgIpc) is 2.68. The number of ether oxygens (including phenoxy) is 3. The Bertz CT molecular complexity index is 621. The fourth-order valence-electron chi connectivity index (χ4n) is 3.14. The highest BCUT2D eigenvalue weighted by Gasteiger charge is 2.37. The first-order chi connectivity index (χ1) is 13.7. The van der Waals surface area contributed by atoms with Gasteiger partial charge in [0.2, 0.25) is 0 Å². The molecule has 0 aromatic heterocycles. The van der Waals surface area contributed by atoms with Crippen LogP contribution in [0, 0.1) is 17.3 Å². The van der Waals surface area contributed by atoms with Gasteiger partial charge >= 0.3 is 12.1 Å². The van der Waals surface area contributed by atoms with E-state index in [0.29, 0.717) is 11.5 Å². The van der Waals surface area contributed by atoms with Crippen LogP contribution in [0.4, 0.5) is 4.79 Å². The van der Waals surface area contributed by atoms with Gasteiger partial charge in [0, 0.05) is 5.41 Å². The topological polar surface area (TPSA) is 61.8 Å². The van der Waals surface area contributed by atoms with E-state index in [4.69, 9.17) is 14.2 Å². The van der Waals surface area contributed by atoms with Crippen LogP contribution in [0.1, 0.15) is 76.7 Å². The Kier molecular flexibility index (Phi) is 10.8. The van der Waals surface area contributed by atoms with Crippen LogP contribution in [0.3, 0.4) is 0 Å². The zero-order chi connectivity index (χ0) is 21.9. The Morgan fingerprint density at radius 2 is 1.55 bits per heavy atom. The molecule has 29 heavy (non-hydrogen) atoms. The minimum atomic E-state index is -0.681. The highest BCUT2D eigenvalue weighted by molar-refractivity contribution is 5.89. The third kappa shape index (κ3) is 8.46. The first kappa shape index (κ1) is 25.0. The largest absolute Gasteiger partial charge is 0.508 e. The molecular weight excluding hydrogens is 368 g/mol. The van der Waals surface area contributed by atoms with Crippen molar-refractivity contribution in [3.8, 4) is 0 Å². The van der Waals surface area contributed by atoms with Gasteiger partial charge in [-0.3, -0.25) is 0 Å². The number of aryl methyl sites for hydroxylation is 1. The number of rotatable bonds is 12. The van der Waals surface area contributed by atoms with E-state index in [2.05, 4.69) is 34.6 Å². The Morgan fingerprint density at radius 3 is 2.07 bits per heavy atom. The van der Waals surface area contributed by atoms with Crippen molar-refractivity contribution in [1.29, 1.82) is 0 Å². The number of carbonyl (C=O) groups is 2. The summed E-state index contributed by atoms with van der Waals surface area (Å²) in [4.78, 5) is 24.4. The van der Waals surface area contributed by atoms with E-state index >= 15 is 0 Å². The predicted molar refractivity (Wildman–Crippen MR) is 115 cm³/mol. The summed E-state index contributed by atoms with van der Waals surface area (Å²) < 4.78 is 16.0. The molecule has 0 heterocycles. The zero-order valence-electron chi connectivity index (χ0n) is 19.0. The van der Waals surface area contributed by atoms with Crippen molar-refractivity contribution >= 4 is 12.1 Å². The number of benzene rings is 1. The SMILES string of the molecule is CCCc1ccc(C(=O)OCC(CCC(C)C)(COC(=O)OCC)C(C)C)cc1. The lowest BCUT2D eigenvalue weighted by atomic mass is 9.74. The first-order valence-corrected chi connectivity index (χ1v) is 10.8. The molecule has 5 heteroatoms. The smallest absolute Gasteiger partial charge is 0.461 e. The highest BCUT2D eigenvalue weighted by atomic mass is 16.7. The fraction of sp³-hybridized carbons (Fsp3) is 0.667. The number of esters is 1. The number of carbonyl (C=O) groups excluding carboxylic acids is 2. The molecule has 0 amide bonds. The van der Waals surface area contributed by atoms with Crippen molar-refractivity contribution in [2.45, 2.75) is 67.2 Å². The molecule has 164 valence electrons. The molecule has 1 aromatic rings. The van der Waals surface area contributed by atoms with Crippen LogP contribution < -0.4 is 0 Å². The quantitative estimate of drug-likeness (QED) is 0.396. The third-order valence-corrected chi connectivity index (χ3v) is 5.40. The summed E-state index contributed by atoms with van der Waals surface area (Å²) in [5.41, 5.74) is 1.30. The standard InChI is InChI=1S/C24H38O5/c1-7-9-20-10-12-21(13-11-20)22(25)28-16-24(19(5)6,15-14-18(3)4)17-29-23(26)27-8-2/h10-13,18-19H,7-9,14-17H2,1-6H3. The van der Waals surface area contributed by atoms with Gasteiger partial charge in [-0.05, 0) is 49.3 Å². The van der Waals surface area contributed by atoms with Crippen LogP contribution in [0.5, 0.6) is 0 Å². The second kappa shape index (κ2) is 12.5. The van der Waals surface area contributed by atoms with Crippen molar-refractivity contribution in [2.24, 2.45) is 17.3 Å². The molecule has 0 aliphatic rings. The molecule has 1 unspecified atom stereocenters. The molecule has 0 bridgehead atoms. The Morgan fingerprint density at radius 1 is 0.931 bits per heavy atom. The van der Waals surface area contributed by atoms with Gasteiger partial charge in [-0.15, -0.1) is 0 Å². The normalized spacial score (nSPS) is 13.2. The minimum Gasteiger partial charge on any atom is -0.461 e. The van der Waals surface area contributed by atoms with Gasteiger partial charge in [-0.1, -0.05) is 59.6 Å². The third-order valence-electron chi connectivity index (χ3n) is 5.40. The number of hydrogen-bond donors (Lipinski definition) is 0. The van der Waals surface area contributed by atoms with Crippen LogP contribution in [-0.2, 0) is 20.6 Å². The molecule has 5 nitrogen and oxygen atoms in total. The molecule has 1 aromatic carbocycles. The van der Waals surface area contributed by atoms with Gasteiger partial charge in [0.1, 0.15) is 13.2 Å². The number of hydrogen-bond acceptors (Lipinski definition) is 5. The van der Waals surface area contributed by atoms with E-state index in [1.54, 1.807) is 6.92 Å². The van der Waals surface area contributed by atoms with Gasteiger partial charge in [-0.25, -0.2) is 9.59 Å². The molecule has 1 atom stereocenters. The summed E-state index contributed by atoms with van der Waals surface area (Å²) >= 11 is 0. The van der Waals surface area contributed by atoms with Gasteiger partial charge in [0.05, 0.1) is 12.2 Å². The van der Waals surface area contributed by atoms with Gasteiger partial charge in [-0.2, -0.15) is 0 Å². The van der Waals surface area contributed by atoms with E-state index in [-0.39, 0.29) is 31.7 Å². The highest BCUT2D eigenvalue weighted by Crippen LogP contribution is 2.35. The van der Waals surface area contributed by atoms with E-state index in [0.717, 1.165) is 25.7 Å². The summed E-state index contributed by atoms with van der Waals surface area (Å²) in [6.45, 7) is 13.0. The Hall–Kier alpha value is -2.04. The van der Waals surface area contributed by atoms with Crippen LogP contribution in [-0.4, -0.2) is 31.9 Å². The molecule has 0 spiro atoms. The summed E-state index contributed by atoms with van der Waals surface area (Å²) in [5, 5.41) is 0. The van der Waals surface area contributed by atoms with Crippen molar-refractivity contribution in [1.82, 2.24) is 0 Å². The van der Waals surface area contributed by atoms with Crippen LogP contribution in [0.15, 0.2) is 24.3 Å². The fourth-order valence-corrected chi connectivity index (χ4v) is 3.14. The van der Waals surface area contributed by atoms with E-state index in [1.165, 1.54) is 5.56 Å². The zero-order valence-corrected chi connectivity index (χ0v) is 19.0. The summed E-state index contributed by atoms with van der Waals surface area (Å²) in [6.07, 6.45) is 3.13. The van der Waals surface area contributed by atoms with Crippen molar-refractivity contribution < 1.29 is 23.8 Å². The summed E-state index contributed by atoms with van der Waals surface area (Å²) in [5.74, 6) is 0.312.